The van der Waals surface area contributed by atoms with Crippen LogP contribution in [0, 0.1) is 11.8 Å². The van der Waals surface area contributed by atoms with Crippen LogP contribution in [0.1, 0.15) is 52.9 Å². The van der Waals surface area contributed by atoms with Crippen molar-refractivity contribution in [3.63, 3.8) is 0 Å². The second-order valence-electron chi connectivity index (χ2n) is 7.18. The molecule has 0 spiro atoms. The summed E-state index contributed by atoms with van der Waals surface area (Å²) in [6.45, 7) is 8.23. The van der Waals surface area contributed by atoms with E-state index in [1.165, 1.54) is 32.1 Å². The fraction of sp³-hybridized carbons (Fsp3) is 1.00. The monoisotopic (exact) mass is 254 g/mol. The van der Waals surface area contributed by atoms with Crippen LogP contribution in [-0.4, -0.2) is 35.9 Å². The average molecular weight is 254 g/mol. The summed E-state index contributed by atoms with van der Waals surface area (Å²) in [7, 11) is 0. The van der Waals surface area contributed by atoms with Gasteiger partial charge >= 0.3 is 0 Å². The second-order valence-corrected chi connectivity index (χ2v) is 7.18. The van der Waals surface area contributed by atoms with Crippen molar-refractivity contribution in [2.45, 2.75) is 70.6 Å². The van der Waals surface area contributed by atoms with Crippen molar-refractivity contribution in [1.29, 1.82) is 0 Å². The maximum absolute atomic E-state index is 10.5. The number of hydrogen-bond donors (Lipinski definition) is 3. The molecule has 1 heterocycles. The van der Waals surface area contributed by atoms with Gasteiger partial charge in [-0.1, -0.05) is 19.3 Å². The zero-order chi connectivity index (χ0) is 13.2. The van der Waals surface area contributed by atoms with Gasteiger partial charge in [-0.3, -0.25) is 0 Å². The molecule has 1 saturated carbocycles. The van der Waals surface area contributed by atoms with Crippen LogP contribution in [0.5, 0.6) is 0 Å². The third-order valence-corrected chi connectivity index (χ3v) is 4.58. The highest BCUT2D eigenvalue weighted by Gasteiger charge is 2.38. The smallest absolute Gasteiger partial charge is 0.0820 e. The van der Waals surface area contributed by atoms with Crippen LogP contribution in [0.15, 0.2) is 0 Å². The summed E-state index contributed by atoms with van der Waals surface area (Å²) in [5.74, 6) is 1.55. The Morgan fingerprint density at radius 3 is 2.67 bits per heavy atom. The quantitative estimate of drug-likeness (QED) is 0.721. The predicted molar refractivity (Wildman–Crippen MR) is 75.6 cm³/mol. The first-order valence-electron chi connectivity index (χ1n) is 7.64. The summed E-state index contributed by atoms with van der Waals surface area (Å²) in [5, 5.41) is 17.4. The van der Waals surface area contributed by atoms with Gasteiger partial charge < -0.3 is 15.7 Å². The molecule has 0 aromatic rings. The van der Waals surface area contributed by atoms with E-state index in [2.05, 4.69) is 31.4 Å². The molecule has 1 aliphatic heterocycles. The Hall–Kier alpha value is -0.120. The van der Waals surface area contributed by atoms with Gasteiger partial charge in [-0.2, -0.15) is 0 Å². The molecule has 18 heavy (non-hydrogen) atoms. The van der Waals surface area contributed by atoms with E-state index in [1.807, 2.05) is 0 Å². The molecule has 0 amide bonds. The molecule has 0 aromatic carbocycles. The summed E-state index contributed by atoms with van der Waals surface area (Å²) >= 11 is 0. The van der Waals surface area contributed by atoms with E-state index in [0.29, 0.717) is 18.5 Å². The summed E-state index contributed by atoms with van der Waals surface area (Å²) < 4.78 is 0. The highest BCUT2D eigenvalue weighted by atomic mass is 16.3. The van der Waals surface area contributed by atoms with Crippen molar-refractivity contribution in [2.75, 3.05) is 13.1 Å². The molecular weight excluding hydrogens is 224 g/mol. The van der Waals surface area contributed by atoms with E-state index in [-0.39, 0.29) is 11.6 Å². The van der Waals surface area contributed by atoms with E-state index in [9.17, 15) is 5.11 Å². The summed E-state index contributed by atoms with van der Waals surface area (Å²) in [4.78, 5) is 0. The van der Waals surface area contributed by atoms with Crippen molar-refractivity contribution in [2.24, 2.45) is 11.8 Å². The number of piperidine rings is 1. The fourth-order valence-corrected chi connectivity index (χ4v) is 3.61. The minimum Gasteiger partial charge on any atom is -0.390 e. The van der Waals surface area contributed by atoms with E-state index >= 15 is 0 Å². The van der Waals surface area contributed by atoms with Gasteiger partial charge in [0.2, 0.25) is 0 Å². The van der Waals surface area contributed by atoms with Gasteiger partial charge in [0.05, 0.1) is 6.10 Å². The van der Waals surface area contributed by atoms with Crippen LogP contribution in [0.25, 0.3) is 0 Å². The van der Waals surface area contributed by atoms with Crippen LogP contribution in [0.3, 0.4) is 0 Å². The molecule has 106 valence electrons. The second kappa shape index (κ2) is 5.89. The minimum absolute atomic E-state index is 0.0849. The van der Waals surface area contributed by atoms with Crippen LogP contribution in [-0.2, 0) is 0 Å². The Labute approximate surface area is 112 Å². The summed E-state index contributed by atoms with van der Waals surface area (Å²) in [5.41, 5.74) is 0.0849. The Bertz CT molecular complexity index is 260. The molecule has 0 radical (unpaired) electrons. The lowest BCUT2D eigenvalue weighted by Crippen LogP contribution is -2.56. The molecule has 2 rings (SSSR count). The first-order valence-corrected chi connectivity index (χ1v) is 7.64. The molecular formula is C15H30N2O. The topological polar surface area (TPSA) is 44.3 Å². The first kappa shape index (κ1) is 14.3. The van der Waals surface area contributed by atoms with Gasteiger partial charge in [0.1, 0.15) is 0 Å². The molecule has 1 saturated heterocycles. The number of nitrogens with one attached hydrogen (secondary N) is 2. The lowest BCUT2D eigenvalue weighted by molar-refractivity contribution is 0.0331. The van der Waals surface area contributed by atoms with Crippen LogP contribution < -0.4 is 10.6 Å². The van der Waals surface area contributed by atoms with Crippen LogP contribution in [0.4, 0.5) is 0 Å². The first-order chi connectivity index (χ1) is 8.47. The van der Waals surface area contributed by atoms with Crippen molar-refractivity contribution in [1.82, 2.24) is 10.6 Å². The maximum atomic E-state index is 10.5. The summed E-state index contributed by atoms with van der Waals surface area (Å²) in [6, 6.07) is 0.305. The molecule has 3 N–H and O–H groups in total. The lowest BCUT2D eigenvalue weighted by atomic mass is 9.70. The Kier molecular flexibility index (Phi) is 4.68. The van der Waals surface area contributed by atoms with Gasteiger partial charge in [0.15, 0.2) is 0 Å². The van der Waals surface area contributed by atoms with Gasteiger partial charge in [-0.25, -0.2) is 0 Å². The van der Waals surface area contributed by atoms with Crippen molar-refractivity contribution < 1.29 is 5.11 Å². The third-order valence-electron chi connectivity index (χ3n) is 4.58. The normalized spacial score (nSPS) is 35.0. The lowest BCUT2D eigenvalue weighted by Gasteiger charge is -2.44. The number of fused-ring (bicyclic) bond motifs is 1. The zero-order valence-electron chi connectivity index (χ0n) is 12.2. The van der Waals surface area contributed by atoms with Crippen molar-refractivity contribution in [3.8, 4) is 0 Å². The van der Waals surface area contributed by atoms with Gasteiger partial charge in [-0.15, -0.1) is 0 Å². The van der Waals surface area contributed by atoms with E-state index in [1.54, 1.807) is 0 Å². The standard InChI is InChI=1S/C15H30N2O/c1-15(2,3)17-10-13(18)14-12-7-5-4-6-11(12)8-9-16-14/h11-14,16-18H,4-10H2,1-3H3. The third kappa shape index (κ3) is 3.69. The fourth-order valence-electron chi connectivity index (χ4n) is 3.61. The summed E-state index contributed by atoms with van der Waals surface area (Å²) in [6.07, 6.45) is 6.47. The van der Waals surface area contributed by atoms with Crippen molar-refractivity contribution in [3.05, 3.63) is 0 Å². The molecule has 0 aromatic heterocycles. The number of aliphatic hydroxyl groups is 1. The maximum Gasteiger partial charge on any atom is 0.0820 e. The van der Waals surface area contributed by atoms with Crippen molar-refractivity contribution >= 4 is 0 Å². The molecule has 0 bridgehead atoms. The van der Waals surface area contributed by atoms with Gasteiger partial charge in [0.25, 0.3) is 0 Å². The van der Waals surface area contributed by atoms with E-state index in [4.69, 9.17) is 0 Å². The molecule has 3 heteroatoms. The average Bonchev–Trinajstić information content (AvgIpc) is 2.34. The SMILES string of the molecule is CC(C)(C)NCC(O)C1NCCC2CCCCC21. The number of rotatable bonds is 3. The number of aliphatic hydroxyl groups excluding tert-OH is 1. The molecule has 4 unspecified atom stereocenters. The highest BCUT2D eigenvalue weighted by molar-refractivity contribution is 4.94. The van der Waals surface area contributed by atoms with Crippen LogP contribution >= 0.6 is 0 Å². The van der Waals surface area contributed by atoms with E-state index in [0.717, 1.165) is 12.5 Å². The Balaban J connectivity index is 1.89. The molecule has 4 atom stereocenters. The highest BCUT2D eigenvalue weighted by Crippen LogP contribution is 2.37. The predicted octanol–water partition coefficient (Wildman–Crippen LogP) is 1.90. The Morgan fingerprint density at radius 2 is 1.94 bits per heavy atom. The largest absolute Gasteiger partial charge is 0.390 e. The van der Waals surface area contributed by atoms with Gasteiger partial charge in [-0.05, 0) is 52.0 Å². The minimum atomic E-state index is -0.255. The zero-order valence-corrected chi connectivity index (χ0v) is 12.2. The Morgan fingerprint density at radius 1 is 1.22 bits per heavy atom. The number of hydrogen-bond acceptors (Lipinski definition) is 3. The van der Waals surface area contributed by atoms with Gasteiger partial charge in [0, 0.05) is 18.1 Å². The number of β-amino-alcohol motifs (C(OH)–C–C–N with tert-alkyl or cyclic N) is 1. The van der Waals surface area contributed by atoms with Crippen LogP contribution in [0.2, 0.25) is 0 Å². The van der Waals surface area contributed by atoms with E-state index < -0.39 is 0 Å². The molecule has 2 fully saturated rings. The molecule has 2 aliphatic rings. The molecule has 1 aliphatic carbocycles. The molecule has 3 nitrogen and oxygen atoms in total.